The van der Waals surface area contributed by atoms with Gasteiger partial charge in [0, 0.05) is 0 Å². The molecule has 0 spiro atoms. The molecule has 0 radical (unpaired) electrons. The third kappa shape index (κ3) is 4.05. The van der Waals surface area contributed by atoms with E-state index >= 15 is 0 Å². The number of sulfonamides is 1. The number of benzene rings is 1. The van der Waals surface area contributed by atoms with Gasteiger partial charge in [-0.25, -0.2) is 13.4 Å². The smallest absolute Gasteiger partial charge is 0.263 e. The number of nitrogens with one attached hydrogen (secondary N) is 1. The summed E-state index contributed by atoms with van der Waals surface area (Å²) in [5, 5.41) is 8.65. The van der Waals surface area contributed by atoms with Gasteiger partial charge in [-0.2, -0.15) is 0 Å². The Morgan fingerprint density at radius 3 is 2.71 bits per heavy atom. The van der Waals surface area contributed by atoms with Crippen LogP contribution in [-0.2, 0) is 10.0 Å². The molecule has 1 aromatic carbocycles. The lowest BCUT2D eigenvalue weighted by molar-refractivity contribution is 0.350. The lowest BCUT2D eigenvalue weighted by Gasteiger charge is -2.08. The summed E-state index contributed by atoms with van der Waals surface area (Å²) in [6.45, 7) is 1.54. The molecule has 5 nitrogen and oxygen atoms in total. The van der Waals surface area contributed by atoms with Gasteiger partial charge in [0.05, 0.1) is 4.90 Å². The number of hydrogen-bond acceptors (Lipinski definition) is 4. The number of nitrogens with zero attached hydrogens (tertiary/aromatic N) is 1. The first-order chi connectivity index (χ1) is 10.0. The maximum atomic E-state index is 12.3. The molecular formula is C15H14N2O3S. The lowest BCUT2D eigenvalue weighted by atomic mass is 10.2. The molecule has 0 amide bonds. The van der Waals surface area contributed by atoms with Crippen LogP contribution in [0.5, 0.6) is 0 Å². The number of aromatic nitrogens is 1. The van der Waals surface area contributed by atoms with Crippen molar-refractivity contribution in [1.29, 1.82) is 0 Å². The van der Waals surface area contributed by atoms with Crippen LogP contribution in [0.4, 0.5) is 5.82 Å². The van der Waals surface area contributed by atoms with Crippen LogP contribution in [0.3, 0.4) is 0 Å². The lowest BCUT2D eigenvalue weighted by Crippen LogP contribution is -2.14. The van der Waals surface area contributed by atoms with Gasteiger partial charge in [-0.15, -0.1) is 0 Å². The molecule has 1 heterocycles. The minimum atomic E-state index is -3.68. The third-order valence-corrected chi connectivity index (χ3v) is 3.94. The fraction of sp³-hybridized carbons (Fsp3) is 0.133. The summed E-state index contributed by atoms with van der Waals surface area (Å²) in [6, 6.07) is 11.4. The predicted molar refractivity (Wildman–Crippen MR) is 80.2 cm³/mol. The molecule has 0 aliphatic heterocycles. The van der Waals surface area contributed by atoms with Crippen molar-refractivity contribution in [3.05, 3.63) is 53.7 Å². The Hall–Kier alpha value is -2.36. The Morgan fingerprint density at radius 2 is 2.00 bits per heavy atom. The van der Waals surface area contributed by atoms with Crippen LogP contribution < -0.4 is 4.72 Å². The molecule has 0 atom stereocenters. The van der Waals surface area contributed by atoms with E-state index in [1.165, 1.54) is 12.1 Å². The van der Waals surface area contributed by atoms with E-state index in [1.54, 1.807) is 24.3 Å². The van der Waals surface area contributed by atoms with Crippen LogP contribution in [0.15, 0.2) is 47.4 Å². The second kappa shape index (κ2) is 6.39. The molecule has 2 aromatic rings. The Labute approximate surface area is 123 Å². The Balaban J connectivity index is 2.29. The summed E-state index contributed by atoms with van der Waals surface area (Å²) in [5.74, 6) is 5.26. The van der Waals surface area contributed by atoms with Crippen molar-refractivity contribution in [2.45, 2.75) is 11.8 Å². The molecule has 0 saturated heterocycles. The molecule has 2 rings (SSSR count). The highest BCUT2D eigenvalue weighted by Gasteiger charge is 2.14. The average molecular weight is 302 g/mol. The van der Waals surface area contributed by atoms with Crippen molar-refractivity contribution in [3.63, 3.8) is 0 Å². The molecule has 1 aromatic heterocycles. The summed E-state index contributed by atoms with van der Waals surface area (Å²) >= 11 is 0. The summed E-state index contributed by atoms with van der Waals surface area (Å²) in [5.41, 5.74) is 1.24. The molecule has 6 heteroatoms. The molecule has 0 fully saturated rings. The quantitative estimate of drug-likeness (QED) is 0.843. The maximum Gasteiger partial charge on any atom is 0.263 e. The zero-order chi connectivity index (χ0) is 15.3. The molecule has 0 aliphatic carbocycles. The van der Waals surface area contributed by atoms with E-state index in [-0.39, 0.29) is 17.3 Å². The normalized spacial score (nSPS) is 10.6. The van der Waals surface area contributed by atoms with Gasteiger partial charge >= 0.3 is 0 Å². The van der Waals surface area contributed by atoms with Crippen LogP contribution in [0.1, 0.15) is 11.3 Å². The Bertz CT molecular complexity index is 805. The predicted octanol–water partition coefficient (Wildman–Crippen LogP) is 1.53. The van der Waals surface area contributed by atoms with Crippen LogP contribution >= 0.6 is 0 Å². The van der Waals surface area contributed by atoms with E-state index in [2.05, 4.69) is 21.5 Å². The zero-order valence-electron chi connectivity index (χ0n) is 11.4. The molecule has 0 unspecified atom stereocenters. The minimum absolute atomic E-state index is 0.177. The number of anilines is 1. The Kier molecular flexibility index (Phi) is 4.58. The number of hydrogen-bond donors (Lipinski definition) is 2. The van der Waals surface area contributed by atoms with Crippen molar-refractivity contribution in [2.75, 3.05) is 11.3 Å². The van der Waals surface area contributed by atoms with Gasteiger partial charge in [-0.3, -0.25) is 4.72 Å². The van der Waals surface area contributed by atoms with Crippen LogP contribution in [0, 0.1) is 18.8 Å². The molecule has 2 N–H and O–H groups in total. The molecule has 0 bridgehead atoms. The van der Waals surface area contributed by atoms with Gasteiger partial charge in [0.15, 0.2) is 0 Å². The second-order valence-electron chi connectivity index (χ2n) is 4.29. The van der Waals surface area contributed by atoms with Crippen molar-refractivity contribution < 1.29 is 13.5 Å². The summed E-state index contributed by atoms with van der Waals surface area (Å²) in [4.78, 5) is 4.25. The highest BCUT2D eigenvalue weighted by atomic mass is 32.2. The summed E-state index contributed by atoms with van der Waals surface area (Å²) in [6.07, 6.45) is 0. The molecular weight excluding hydrogens is 288 g/mol. The van der Waals surface area contributed by atoms with Gasteiger partial charge in [-0.05, 0) is 42.7 Å². The number of aliphatic hydroxyl groups excluding tert-OH is 1. The number of aliphatic hydroxyl groups is 1. The molecule has 21 heavy (non-hydrogen) atoms. The fourth-order valence-corrected chi connectivity index (χ4v) is 2.78. The summed E-state index contributed by atoms with van der Waals surface area (Å²) < 4.78 is 26.9. The first kappa shape index (κ1) is 15.0. The fourth-order valence-electron chi connectivity index (χ4n) is 1.67. The van der Waals surface area contributed by atoms with E-state index in [0.29, 0.717) is 5.69 Å². The molecule has 108 valence electrons. The average Bonchev–Trinajstić information content (AvgIpc) is 2.45. The molecule has 0 aliphatic rings. The van der Waals surface area contributed by atoms with Crippen LogP contribution in [0.2, 0.25) is 0 Å². The zero-order valence-corrected chi connectivity index (χ0v) is 12.2. The minimum Gasteiger partial charge on any atom is -0.384 e. The van der Waals surface area contributed by atoms with E-state index < -0.39 is 10.0 Å². The first-order valence-corrected chi connectivity index (χ1v) is 7.66. The highest BCUT2D eigenvalue weighted by molar-refractivity contribution is 7.92. The van der Waals surface area contributed by atoms with Crippen LogP contribution in [-0.4, -0.2) is 25.1 Å². The largest absolute Gasteiger partial charge is 0.384 e. The van der Waals surface area contributed by atoms with E-state index in [9.17, 15) is 8.42 Å². The topological polar surface area (TPSA) is 79.3 Å². The van der Waals surface area contributed by atoms with E-state index in [0.717, 1.165) is 5.56 Å². The standard InChI is InChI=1S/C15H14N2O3S/c1-12-5-2-8-14(11-12)21(19,20)17-15-9-3-6-13(16-15)7-4-10-18/h2-3,5-6,8-9,11,18H,10H2,1H3,(H,16,17). The molecule has 0 saturated carbocycles. The van der Waals surface area contributed by atoms with Crippen molar-refractivity contribution in [1.82, 2.24) is 4.98 Å². The number of aryl methyl sites for hydroxylation is 1. The monoisotopic (exact) mass is 302 g/mol. The second-order valence-corrected chi connectivity index (χ2v) is 5.97. The summed E-state index contributed by atoms with van der Waals surface area (Å²) in [7, 11) is -3.68. The van der Waals surface area contributed by atoms with Crippen molar-refractivity contribution in [2.24, 2.45) is 0 Å². The van der Waals surface area contributed by atoms with Crippen LogP contribution in [0.25, 0.3) is 0 Å². The van der Waals surface area contributed by atoms with Gasteiger partial charge in [0.2, 0.25) is 0 Å². The van der Waals surface area contributed by atoms with E-state index in [1.807, 2.05) is 13.0 Å². The maximum absolute atomic E-state index is 12.3. The third-order valence-electron chi connectivity index (χ3n) is 2.58. The number of pyridine rings is 1. The van der Waals surface area contributed by atoms with Crippen molar-refractivity contribution >= 4 is 15.8 Å². The van der Waals surface area contributed by atoms with Gasteiger partial charge in [-0.1, -0.05) is 24.1 Å². The SMILES string of the molecule is Cc1cccc(S(=O)(=O)Nc2cccc(C#CCO)n2)c1. The Morgan fingerprint density at radius 1 is 1.24 bits per heavy atom. The number of rotatable bonds is 3. The first-order valence-electron chi connectivity index (χ1n) is 6.17. The highest BCUT2D eigenvalue weighted by Crippen LogP contribution is 2.15. The van der Waals surface area contributed by atoms with Crippen molar-refractivity contribution in [3.8, 4) is 11.8 Å². The van der Waals surface area contributed by atoms with Gasteiger partial charge in [0.1, 0.15) is 18.1 Å². The van der Waals surface area contributed by atoms with E-state index in [4.69, 9.17) is 5.11 Å². The van der Waals surface area contributed by atoms with Gasteiger partial charge < -0.3 is 5.11 Å². The van der Waals surface area contributed by atoms with Gasteiger partial charge in [0.25, 0.3) is 10.0 Å².